The summed E-state index contributed by atoms with van der Waals surface area (Å²) >= 11 is 0. The highest BCUT2D eigenvalue weighted by Gasteiger charge is 2.30. The van der Waals surface area contributed by atoms with Gasteiger partial charge < -0.3 is 29.9 Å². The van der Waals surface area contributed by atoms with Gasteiger partial charge in [-0.1, -0.05) is 13.0 Å². The number of likely N-dealkylation sites (tertiary alicyclic amines) is 1. The van der Waals surface area contributed by atoms with Crippen molar-refractivity contribution >= 4 is 29.9 Å². The van der Waals surface area contributed by atoms with Gasteiger partial charge in [-0.2, -0.15) is 4.98 Å². The predicted molar refractivity (Wildman–Crippen MR) is 193 cm³/mol. The lowest BCUT2D eigenvalue weighted by Gasteiger charge is -2.36. The average molecular weight is 711 g/mol. The van der Waals surface area contributed by atoms with E-state index in [9.17, 15) is 24.0 Å². The number of hydrogen-bond donors (Lipinski definition) is 3. The molecule has 3 heterocycles. The highest BCUT2D eigenvalue weighted by Crippen LogP contribution is 2.20. The lowest BCUT2D eigenvalue weighted by Crippen LogP contribution is -2.56. The first kappa shape index (κ1) is 39.1. The molecule has 4 rings (SSSR count). The number of aryl methyl sites for hydroxylation is 1. The molecule has 280 valence electrons. The van der Waals surface area contributed by atoms with Gasteiger partial charge in [-0.3, -0.25) is 19.6 Å². The van der Waals surface area contributed by atoms with Crippen LogP contribution in [0.25, 0.3) is 5.69 Å². The van der Waals surface area contributed by atoms with Crippen molar-refractivity contribution in [2.45, 2.75) is 104 Å². The number of ether oxygens (including phenoxy) is 2. The standard InChI is InChI=1S/C36H54N8O7/c1-9-28(38-34(49)51-36(6,7)8)30(45)42-18-20-43(21-19-42)31(46)39-29-14-17-44(32(47)40-29)27-11-10-25(24(2)22-27)23-41-15-12-26(13-16-41)37-33(48)50-35(3,4)5/h10-11,14,17,22,26,28H,9,12-13,15-16,18-21,23H2,1-8H3,(H,37,48)(H,38,49)(H,39,40,46,47). The molecule has 0 bridgehead atoms. The van der Waals surface area contributed by atoms with E-state index in [1.54, 1.807) is 42.8 Å². The van der Waals surface area contributed by atoms with Crippen LogP contribution in [0.1, 0.15) is 78.9 Å². The predicted octanol–water partition coefficient (Wildman–Crippen LogP) is 4.01. The Morgan fingerprint density at radius 2 is 1.49 bits per heavy atom. The van der Waals surface area contributed by atoms with Gasteiger partial charge in [0.25, 0.3) is 0 Å². The molecule has 2 saturated heterocycles. The summed E-state index contributed by atoms with van der Waals surface area (Å²) in [6.07, 6.45) is 2.63. The van der Waals surface area contributed by atoms with Crippen LogP contribution in [0.5, 0.6) is 0 Å². The Kier molecular flexibility index (Phi) is 12.7. The number of hydrogen-bond acceptors (Lipinski definition) is 9. The third kappa shape index (κ3) is 11.7. The maximum absolute atomic E-state index is 13.1. The van der Waals surface area contributed by atoms with E-state index in [1.807, 2.05) is 52.8 Å². The SMILES string of the molecule is CCC(NC(=O)OC(C)(C)C)C(=O)N1CCN(C(=O)Nc2ccn(-c3ccc(CN4CCC(NC(=O)OC(C)(C)C)CC4)c(C)c3)c(=O)n2)CC1. The number of piperazine rings is 1. The third-order valence-electron chi connectivity index (χ3n) is 8.62. The summed E-state index contributed by atoms with van der Waals surface area (Å²) in [5, 5.41) is 8.31. The van der Waals surface area contributed by atoms with Crippen LogP contribution in [0, 0.1) is 6.92 Å². The lowest BCUT2D eigenvalue weighted by atomic mass is 10.0. The van der Waals surface area contributed by atoms with E-state index in [4.69, 9.17) is 9.47 Å². The number of nitrogens with one attached hydrogen (secondary N) is 3. The quantitative estimate of drug-likeness (QED) is 0.367. The molecule has 15 heteroatoms. The van der Waals surface area contributed by atoms with Crippen LogP contribution in [-0.4, -0.2) is 111 Å². The van der Waals surface area contributed by atoms with E-state index in [-0.39, 0.29) is 36.9 Å². The first-order chi connectivity index (χ1) is 23.9. The molecule has 2 aliphatic heterocycles. The molecule has 0 saturated carbocycles. The number of anilines is 1. The number of nitrogens with zero attached hydrogens (tertiary/aromatic N) is 5. The van der Waals surface area contributed by atoms with E-state index < -0.39 is 35.1 Å². The normalized spacial score (nSPS) is 16.6. The monoisotopic (exact) mass is 710 g/mol. The van der Waals surface area contributed by atoms with Gasteiger partial charge in [-0.15, -0.1) is 0 Å². The average Bonchev–Trinajstić information content (AvgIpc) is 3.03. The van der Waals surface area contributed by atoms with Gasteiger partial charge in [0.1, 0.15) is 23.1 Å². The molecule has 1 aromatic heterocycles. The van der Waals surface area contributed by atoms with Crippen LogP contribution in [0.4, 0.5) is 20.2 Å². The second kappa shape index (κ2) is 16.6. The molecule has 2 aliphatic rings. The zero-order valence-electron chi connectivity index (χ0n) is 31.2. The molecule has 15 nitrogen and oxygen atoms in total. The number of carbonyl (C=O) groups is 4. The van der Waals surface area contributed by atoms with E-state index in [0.717, 1.165) is 43.6 Å². The minimum atomic E-state index is -0.727. The molecular formula is C36H54N8O7. The smallest absolute Gasteiger partial charge is 0.408 e. The fourth-order valence-electron chi connectivity index (χ4n) is 5.95. The fourth-order valence-corrected chi connectivity index (χ4v) is 5.95. The third-order valence-corrected chi connectivity index (χ3v) is 8.62. The van der Waals surface area contributed by atoms with Crippen LogP contribution in [0.15, 0.2) is 35.3 Å². The highest BCUT2D eigenvalue weighted by atomic mass is 16.6. The Labute approximate surface area is 300 Å². The molecule has 1 aromatic carbocycles. The van der Waals surface area contributed by atoms with Gasteiger partial charge in [-0.05, 0) is 97.1 Å². The molecule has 2 aromatic rings. The summed E-state index contributed by atoms with van der Waals surface area (Å²) < 4.78 is 12.1. The minimum Gasteiger partial charge on any atom is -0.444 e. The number of carbonyl (C=O) groups excluding carboxylic acids is 4. The Bertz CT molecular complexity index is 1610. The van der Waals surface area contributed by atoms with E-state index in [0.29, 0.717) is 25.2 Å². The van der Waals surface area contributed by atoms with Crippen molar-refractivity contribution in [3.05, 3.63) is 52.1 Å². The maximum atomic E-state index is 13.1. The van der Waals surface area contributed by atoms with E-state index in [1.165, 1.54) is 4.57 Å². The Morgan fingerprint density at radius 3 is 2.06 bits per heavy atom. The van der Waals surface area contributed by atoms with Crippen molar-refractivity contribution in [1.29, 1.82) is 0 Å². The number of piperidine rings is 1. The van der Waals surface area contributed by atoms with Crippen LogP contribution in [0.3, 0.4) is 0 Å². The Balaban J connectivity index is 1.26. The van der Waals surface area contributed by atoms with Crippen LogP contribution in [-0.2, 0) is 20.8 Å². The topological polar surface area (TPSA) is 167 Å². The molecule has 0 spiro atoms. The summed E-state index contributed by atoms with van der Waals surface area (Å²) in [6.45, 7) is 18.2. The molecule has 3 N–H and O–H groups in total. The maximum Gasteiger partial charge on any atom is 0.408 e. The number of alkyl carbamates (subject to hydrolysis) is 2. The molecule has 0 radical (unpaired) electrons. The molecule has 51 heavy (non-hydrogen) atoms. The van der Waals surface area contributed by atoms with Crippen molar-refractivity contribution in [3.8, 4) is 5.69 Å². The van der Waals surface area contributed by atoms with Gasteiger partial charge in [0.2, 0.25) is 5.91 Å². The van der Waals surface area contributed by atoms with Gasteiger partial charge in [0.15, 0.2) is 0 Å². The summed E-state index contributed by atoms with van der Waals surface area (Å²) in [7, 11) is 0. The van der Waals surface area contributed by atoms with Gasteiger partial charge >= 0.3 is 23.9 Å². The van der Waals surface area contributed by atoms with Crippen LogP contribution in [0.2, 0.25) is 0 Å². The Hall–Kier alpha value is -4.66. The fraction of sp³-hybridized carbons (Fsp3) is 0.611. The first-order valence-corrected chi connectivity index (χ1v) is 17.7. The summed E-state index contributed by atoms with van der Waals surface area (Å²) in [4.78, 5) is 73.0. The van der Waals surface area contributed by atoms with Crippen molar-refractivity contribution in [2.24, 2.45) is 0 Å². The zero-order valence-corrected chi connectivity index (χ0v) is 31.2. The number of rotatable bonds is 8. The highest BCUT2D eigenvalue weighted by molar-refractivity contribution is 5.89. The number of urea groups is 1. The lowest BCUT2D eigenvalue weighted by molar-refractivity contribution is -0.135. The summed E-state index contributed by atoms with van der Waals surface area (Å²) in [6, 6.07) is 6.35. The summed E-state index contributed by atoms with van der Waals surface area (Å²) in [5.74, 6) is -0.100. The largest absolute Gasteiger partial charge is 0.444 e. The Morgan fingerprint density at radius 1 is 0.882 bits per heavy atom. The van der Waals surface area contributed by atoms with Crippen molar-refractivity contribution < 1.29 is 28.7 Å². The van der Waals surface area contributed by atoms with E-state index in [2.05, 4.69) is 25.8 Å². The first-order valence-electron chi connectivity index (χ1n) is 17.7. The second-order valence-corrected chi connectivity index (χ2v) is 15.1. The van der Waals surface area contributed by atoms with Crippen LogP contribution >= 0.6 is 0 Å². The number of aromatic nitrogens is 2. The molecule has 5 amide bonds. The minimum absolute atomic E-state index is 0.0857. The van der Waals surface area contributed by atoms with Crippen molar-refractivity contribution in [2.75, 3.05) is 44.6 Å². The van der Waals surface area contributed by atoms with Crippen molar-refractivity contribution in [1.82, 2.24) is 34.9 Å². The number of amides is 5. The molecule has 1 atom stereocenters. The molecular weight excluding hydrogens is 656 g/mol. The molecule has 2 fully saturated rings. The number of benzene rings is 1. The molecule has 0 aliphatic carbocycles. The van der Waals surface area contributed by atoms with Gasteiger partial charge in [-0.25, -0.2) is 19.2 Å². The van der Waals surface area contributed by atoms with Crippen LogP contribution < -0.4 is 21.6 Å². The van der Waals surface area contributed by atoms with Crippen molar-refractivity contribution in [3.63, 3.8) is 0 Å². The van der Waals surface area contributed by atoms with Gasteiger partial charge in [0, 0.05) is 58.1 Å². The van der Waals surface area contributed by atoms with Gasteiger partial charge in [0.05, 0.1) is 5.69 Å². The molecule has 1 unspecified atom stereocenters. The van der Waals surface area contributed by atoms with E-state index >= 15 is 0 Å². The zero-order chi connectivity index (χ0) is 37.5. The second-order valence-electron chi connectivity index (χ2n) is 15.1. The summed E-state index contributed by atoms with van der Waals surface area (Å²) in [5.41, 5.74) is 1.11.